The lowest BCUT2D eigenvalue weighted by atomic mass is 9.55. The van der Waals surface area contributed by atoms with E-state index in [9.17, 15) is 14.4 Å². The van der Waals surface area contributed by atoms with Gasteiger partial charge in [0.1, 0.15) is 0 Å². The molecule has 32 heavy (non-hydrogen) atoms. The Morgan fingerprint density at radius 2 is 1.19 bits per heavy atom. The summed E-state index contributed by atoms with van der Waals surface area (Å²) in [5, 5.41) is 0. The Balaban J connectivity index is 1.27. The number of hydrogen-bond donors (Lipinski definition) is 0. The Morgan fingerprint density at radius 1 is 0.750 bits per heavy atom. The van der Waals surface area contributed by atoms with Crippen LogP contribution in [-0.2, 0) is 14.4 Å². The second kappa shape index (κ2) is 7.27. The lowest BCUT2D eigenvalue weighted by Gasteiger charge is -2.45. The summed E-state index contributed by atoms with van der Waals surface area (Å²) in [5.41, 5.74) is 4.84. The molecule has 164 valence electrons. The third-order valence-electron chi connectivity index (χ3n) is 8.00. The van der Waals surface area contributed by atoms with Crippen molar-refractivity contribution < 1.29 is 14.4 Å². The van der Waals surface area contributed by atoms with Crippen LogP contribution in [0.5, 0.6) is 0 Å². The predicted molar refractivity (Wildman–Crippen MR) is 119 cm³/mol. The number of likely N-dealkylation sites (tertiary alicyclic amines) is 1. The van der Waals surface area contributed by atoms with Crippen molar-refractivity contribution >= 4 is 17.7 Å². The van der Waals surface area contributed by atoms with Crippen molar-refractivity contribution in [2.24, 2.45) is 11.8 Å². The second-order valence-electron chi connectivity index (χ2n) is 9.44. The third-order valence-corrected chi connectivity index (χ3v) is 8.00. The van der Waals surface area contributed by atoms with Gasteiger partial charge in [-0.3, -0.25) is 24.2 Å². The van der Waals surface area contributed by atoms with Crippen LogP contribution in [0.4, 0.5) is 0 Å². The van der Waals surface area contributed by atoms with Gasteiger partial charge in [-0.05, 0) is 22.3 Å². The summed E-state index contributed by atoms with van der Waals surface area (Å²) >= 11 is 0. The van der Waals surface area contributed by atoms with Gasteiger partial charge in [-0.25, -0.2) is 0 Å². The fraction of sp³-hybridized carbons (Fsp3) is 0.423. The standard InChI is InChI=1S/C26H27N3O3/c1-16(30)28-13-10-27(11-14-28)12-15-29-25(31)23-21-17-6-2-3-7-18(17)22(24(23)26(29)32)20-9-5-4-8-19(20)21/h2-9,21-24H,10-15H2,1H3/t21?,22?,23-,24+. The molecule has 2 bridgehead atoms. The summed E-state index contributed by atoms with van der Waals surface area (Å²) in [6, 6.07) is 16.7. The smallest absolute Gasteiger partial charge is 0.234 e. The molecule has 3 aliphatic carbocycles. The third kappa shape index (κ3) is 2.72. The number of hydrogen-bond acceptors (Lipinski definition) is 4. The van der Waals surface area contributed by atoms with Crippen molar-refractivity contribution in [1.29, 1.82) is 0 Å². The van der Waals surface area contributed by atoms with E-state index in [0.29, 0.717) is 26.2 Å². The molecule has 3 amide bonds. The van der Waals surface area contributed by atoms with Gasteiger partial charge in [0.05, 0.1) is 11.8 Å². The zero-order valence-electron chi connectivity index (χ0n) is 18.2. The molecular weight excluding hydrogens is 402 g/mol. The van der Waals surface area contributed by atoms with Crippen LogP contribution in [0.25, 0.3) is 0 Å². The summed E-state index contributed by atoms with van der Waals surface area (Å²) in [7, 11) is 0. The highest BCUT2D eigenvalue weighted by Gasteiger charge is 2.61. The molecule has 2 fully saturated rings. The number of piperazine rings is 1. The van der Waals surface area contributed by atoms with Crippen LogP contribution in [0.15, 0.2) is 48.5 Å². The quantitative estimate of drug-likeness (QED) is 0.701. The SMILES string of the molecule is CC(=O)N1CCN(CCN2C(=O)[C@@H]3C4c5ccccc5C(c5ccccc54)[C@@H]3C2=O)CC1. The Hall–Kier alpha value is -2.99. The van der Waals surface area contributed by atoms with Crippen LogP contribution in [0.3, 0.4) is 0 Å². The molecule has 2 aromatic rings. The number of nitrogens with zero attached hydrogens (tertiary/aromatic N) is 3. The molecule has 0 spiro atoms. The van der Waals surface area contributed by atoms with Crippen molar-refractivity contribution in [3.05, 3.63) is 70.8 Å². The van der Waals surface area contributed by atoms with E-state index >= 15 is 0 Å². The molecule has 0 N–H and O–H groups in total. The molecule has 7 rings (SSSR count). The number of imide groups is 1. The van der Waals surface area contributed by atoms with E-state index < -0.39 is 0 Å². The first kappa shape index (κ1) is 19.7. The molecule has 5 aliphatic rings. The monoisotopic (exact) mass is 429 g/mol. The number of benzene rings is 2. The minimum absolute atomic E-state index is 0.0126. The van der Waals surface area contributed by atoms with Crippen molar-refractivity contribution in [3.8, 4) is 0 Å². The Bertz CT molecular complexity index is 1010. The minimum atomic E-state index is -0.299. The molecule has 6 nitrogen and oxygen atoms in total. The van der Waals surface area contributed by atoms with Gasteiger partial charge in [0.2, 0.25) is 17.7 Å². The van der Waals surface area contributed by atoms with Gasteiger partial charge >= 0.3 is 0 Å². The van der Waals surface area contributed by atoms with Crippen molar-refractivity contribution in [2.45, 2.75) is 18.8 Å². The molecule has 2 saturated heterocycles. The number of carbonyl (C=O) groups excluding carboxylic acids is 3. The molecular formula is C26H27N3O3. The average molecular weight is 430 g/mol. The molecule has 0 saturated carbocycles. The van der Waals surface area contributed by atoms with E-state index in [0.717, 1.165) is 13.1 Å². The first-order chi connectivity index (χ1) is 15.6. The summed E-state index contributed by atoms with van der Waals surface area (Å²) in [6.45, 7) is 5.67. The summed E-state index contributed by atoms with van der Waals surface area (Å²) in [4.78, 5) is 44.4. The van der Waals surface area contributed by atoms with E-state index in [1.54, 1.807) is 6.92 Å². The van der Waals surface area contributed by atoms with Gasteiger partial charge in [-0.1, -0.05) is 48.5 Å². The zero-order chi connectivity index (χ0) is 22.0. The zero-order valence-corrected chi connectivity index (χ0v) is 18.2. The number of carbonyl (C=O) groups is 3. The highest BCUT2D eigenvalue weighted by molar-refractivity contribution is 6.07. The van der Waals surface area contributed by atoms with Crippen LogP contribution in [-0.4, -0.2) is 71.7 Å². The number of rotatable bonds is 3. The maximum atomic E-state index is 13.6. The lowest BCUT2D eigenvalue weighted by molar-refractivity contribution is -0.140. The topological polar surface area (TPSA) is 60.9 Å². The summed E-state index contributed by atoms with van der Waals surface area (Å²) in [6.07, 6.45) is 0. The molecule has 0 unspecified atom stereocenters. The minimum Gasteiger partial charge on any atom is -0.340 e. The lowest BCUT2D eigenvalue weighted by Crippen LogP contribution is -2.50. The Kier molecular flexibility index (Phi) is 4.47. The van der Waals surface area contributed by atoms with E-state index in [-0.39, 0.29) is 41.4 Å². The second-order valence-corrected chi connectivity index (χ2v) is 9.44. The van der Waals surface area contributed by atoms with E-state index in [2.05, 4.69) is 29.2 Å². The van der Waals surface area contributed by atoms with E-state index in [1.807, 2.05) is 29.2 Å². The molecule has 2 atom stereocenters. The summed E-state index contributed by atoms with van der Waals surface area (Å²) < 4.78 is 0. The molecule has 6 heteroatoms. The molecule has 0 aromatic heterocycles. The Morgan fingerprint density at radius 3 is 1.59 bits per heavy atom. The molecule has 2 heterocycles. The van der Waals surface area contributed by atoms with Crippen LogP contribution in [0.2, 0.25) is 0 Å². The first-order valence-corrected chi connectivity index (χ1v) is 11.6. The van der Waals surface area contributed by atoms with Crippen molar-refractivity contribution in [1.82, 2.24) is 14.7 Å². The van der Waals surface area contributed by atoms with Crippen LogP contribution >= 0.6 is 0 Å². The van der Waals surface area contributed by atoms with Crippen LogP contribution < -0.4 is 0 Å². The average Bonchev–Trinajstić information content (AvgIpc) is 3.08. The van der Waals surface area contributed by atoms with Gasteiger partial charge in [0.25, 0.3) is 0 Å². The summed E-state index contributed by atoms with van der Waals surface area (Å²) in [5.74, 6) is -0.606. The highest BCUT2D eigenvalue weighted by atomic mass is 16.2. The van der Waals surface area contributed by atoms with Crippen LogP contribution in [0, 0.1) is 11.8 Å². The first-order valence-electron chi connectivity index (χ1n) is 11.6. The molecule has 0 radical (unpaired) electrons. The highest BCUT2D eigenvalue weighted by Crippen LogP contribution is 2.60. The van der Waals surface area contributed by atoms with Gasteiger partial charge in [-0.2, -0.15) is 0 Å². The fourth-order valence-corrected chi connectivity index (χ4v) is 6.49. The van der Waals surface area contributed by atoms with Gasteiger partial charge in [-0.15, -0.1) is 0 Å². The Labute approximate surface area is 187 Å². The predicted octanol–water partition coefficient (Wildman–Crippen LogP) is 2.04. The van der Waals surface area contributed by atoms with Crippen LogP contribution in [0.1, 0.15) is 41.0 Å². The largest absolute Gasteiger partial charge is 0.340 e. The van der Waals surface area contributed by atoms with Crippen molar-refractivity contribution in [3.63, 3.8) is 0 Å². The normalized spacial score (nSPS) is 28.5. The van der Waals surface area contributed by atoms with Gasteiger partial charge in [0.15, 0.2) is 0 Å². The maximum Gasteiger partial charge on any atom is 0.234 e. The van der Waals surface area contributed by atoms with E-state index in [4.69, 9.17) is 0 Å². The fourth-order valence-electron chi connectivity index (χ4n) is 6.49. The number of amides is 3. The van der Waals surface area contributed by atoms with Gasteiger partial charge in [0, 0.05) is 58.0 Å². The molecule has 2 aliphatic heterocycles. The van der Waals surface area contributed by atoms with E-state index in [1.165, 1.54) is 27.2 Å². The maximum absolute atomic E-state index is 13.6. The van der Waals surface area contributed by atoms with Crippen molar-refractivity contribution in [2.75, 3.05) is 39.3 Å². The van der Waals surface area contributed by atoms with Gasteiger partial charge < -0.3 is 4.90 Å². The molecule has 2 aromatic carbocycles.